The molecule has 7 nitrogen and oxygen atoms in total. The first-order valence-electron chi connectivity index (χ1n) is 9.28. The zero-order valence-corrected chi connectivity index (χ0v) is 17.2. The van der Waals surface area contributed by atoms with Gasteiger partial charge < -0.3 is 14.8 Å². The van der Waals surface area contributed by atoms with Crippen molar-refractivity contribution in [1.29, 1.82) is 0 Å². The number of aryl methyl sites for hydroxylation is 2. The number of benzene rings is 1. The van der Waals surface area contributed by atoms with Crippen molar-refractivity contribution >= 4 is 15.9 Å². The molecule has 1 aromatic carbocycles. The molecule has 0 saturated carbocycles. The quantitative estimate of drug-likeness (QED) is 0.637. The highest BCUT2D eigenvalue weighted by atomic mass is 32.2. The molecular formula is C19H30N2O5S. The van der Waals surface area contributed by atoms with Gasteiger partial charge in [0.1, 0.15) is 0 Å². The van der Waals surface area contributed by atoms with Gasteiger partial charge in [0, 0.05) is 32.7 Å². The minimum Gasteiger partial charge on any atom is -0.382 e. The molecule has 1 saturated heterocycles. The molecule has 1 aromatic rings. The van der Waals surface area contributed by atoms with Crippen LogP contribution in [0.5, 0.6) is 0 Å². The van der Waals surface area contributed by atoms with Gasteiger partial charge in [-0.15, -0.1) is 0 Å². The molecule has 2 rings (SSSR count). The first kappa shape index (κ1) is 21.8. The molecule has 0 spiro atoms. The third kappa shape index (κ3) is 6.00. The fourth-order valence-electron chi connectivity index (χ4n) is 3.22. The molecule has 0 radical (unpaired) electrons. The molecule has 0 aromatic heterocycles. The number of piperidine rings is 1. The highest BCUT2D eigenvalue weighted by Gasteiger charge is 2.32. The number of carbonyl (C=O) groups excluding carboxylic acids is 1. The summed E-state index contributed by atoms with van der Waals surface area (Å²) in [6.07, 6.45) is 1.06. The molecule has 0 aliphatic carbocycles. The number of amides is 1. The zero-order valence-electron chi connectivity index (χ0n) is 16.4. The van der Waals surface area contributed by atoms with Crippen molar-refractivity contribution in [2.45, 2.75) is 31.6 Å². The summed E-state index contributed by atoms with van der Waals surface area (Å²) >= 11 is 0. The van der Waals surface area contributed by atoms with Crippen LogP contribution in [-0.4, -0.2) is 65.2 Å². The normalized spacial score (nSPS) is 16.4. The van der Waals surface area contributed by atoms with Crippen LogP contribution >= 0.6 is 0 Å². The van der Waals surface area contributed by atoms with Crippen LogP contribution in [0.25, 0.3) is 0 Å². The summed E-state index contributed by atoms with van der Waals surface area (Å²) in [4.78, 5) is 12.6. The van der Waals surface area contributed by atoms with Crippen molar-refractivity contribution in [2.24, 2.45) is 5.92 Å². The van der Waals surface area contributed by atoms with Crippen LogP contribution in [0.15, 0.2) is 23.1 Å². The SMILES string of the molecule is COCCOCCNC(=O)C1CCN(S(=O)(=O)c2ccc(C)cc2C)CC1. The van der Waals surface area contributed by atoms with Gasteiger partial charge in [0.25, 0.3) is 0 Å². The second-order valence-corrected chi connectivity index (χ2v) is 8.75. The lowest BCUT2D eigenvalue weighted by molar-refractivity contribution is -0.126. The topological polar surface area (TPSA) is 84.9 Å². The molecule has 1 amide bonds. The summed E-state index contributed by atoms with van der Waals surface area (Å²) in [5.41, 5.74) is 1.79. The minimum atomic E-state index is -3.52. The van der Waals surface area contributed by atoms with E-state index in [1.807, 2.05) is 26.0 Å². The van der Waals surface area contributed by atoms with Crippen molar-refractivity contribution < 1.29 is 22.7 Å². The third-order valence-corrected chi connectivity index (χ3v) is 6.81. The first-order valence-corrected chi connectivity index (χ1v) is 10.7. The Morgan fingerprint density at radius 2 is 1.89 bits per heavy atom. The summed E-state index contributed by atoms with van der Waals surface area (Å²) in [5.74, 6) is -0.191. The summed E-state index contributed by atoms with van der Waals surface area (Å²) in [5, 5.41) is 2.86. The number of carbonyl (C=O) groups is 1. The average Bonchev–Trinajstić information content (AvgIpc) is 2.64. The molecule has 1 N–H and O–H groups in total. The second kappa shape index (κ2) is 10.2. The van der Waals surface area contributed by atoms with Crippen LogP contribution in [0.2, 0.25) is 0 Å². The van der Waals surface area contributed by atoms with Crippen molar-refractivity contribution in [3.63, 3.8) is 0 Å². The van der Waals surface area contributed by atoms with Gasteiger partial charge in [0.15, 0.2) is 0 Å². The van der Waals surface area contributed by atoms with Gasteiger partial charge in [-0.1, -0.05) is 17.7 Å². The van der Waals surface area contributed by atoms with Gasteiger partial charge >= 0.3 is 0 Å². The first-order chi connectivity index (χ1) is 12.9. The summed E-state index contributed by atoms with van der Waals surface area (Å²) in [6.45, 7) is 6.39. The largest absolute Gasteiger partial charge is 0.382 e. The molecular weight excluding hydrogens is 368 g/mol. The van der Waals surface area contributed by atoms with Gasteiger partial charge in [0.05, 0.1) is 24.7 Å². The van der Waals surface area contributed by atoms with Crippen molar-refractivity contribution in [3.05, 3.63) is 29.3 Å². The summed E-state index contributed by atoms with van der Waals surface area (Å²) in [7, 11) is -1.91. The highest BCUT2D eigenvalue weighted by molar-refractivity contribution is 7.89. The number of methoxy groups -OCH3 is 1. The van der Waals surface area contributed by atoms with Crippen molar-refractivity contribution in [3.8, 4) is 0 Å². The summed E-state index contributed by atoms with van der Waals surface area (Å²) in [6, 6.07) is 5.36. The Labute approximate surface area is 162 Å². The van der Waals surface area contributed by atoms with E-state index in [9.17, 15) is 13.2 Å². The van der Waals surface area contributed by atoms with E-state index in [2.05, 4.69) is 5.32 Å². The fourth-order valence-corrected chi connectivity index (χ4v) is 4.90. The standard InChI is InChI=1S/C19H30N2O5S/c1-15-4-5-18(16(2)14-15)27(23,24)21-9-6-17(7-10-21)19(22)20-8-11-26-13-12-25-3/h4-5,14,17H,6-13H2,1-3H3,(H,20,22). The Bertz CT molecular complexity index is 728. The number of nitrogens with one attached hydrogen (secondary N) is 1. The van der Waals surface area contributed by atoms with E-state index in [1.165, 1.54) is 4.31 Å². The van der Waals surface area contributed by atoms with E-state index >= 15 is 0 Å². The number of rotatable bonds is 9. The molecule has 0 bridgehead atoms. The second-order valence-electron chi connectivity index (χ2n) is 6.84. The lowest BCUT2D eigenvalue weighted by Gasteiger charge is -2.31. The molecule has 0 unspecified atom stereocenters. The predicted molar refractivity (Wildman–Crippen MR) is 103 cm³/mol. The lowest BCUT2D eigenvalue weighted by atomic mass is 9.97. The maximum atomic E-state index is 12.9. The smallest absolute Gasteiger partial charge is 0.243 e. The van der Waals surface area contributed by atoms with Crippen molar-refractivity contribution in [2.75, 3.05) is 46.6 Å². The van der Waals surface area contributed by atoms with Crippen LogP contribution in [0.4, 0.5) is 0 Å². The molecule has 1 fully saturated rings. The van der Waals surface area contributed by atoms with Gasteiger partial charge in [-0.3, -0.25) is 4.79 Å². The van der Waals surface area contributed by atoms with E-state index in [0.717, 1.165) is 11.1 Å². The monoisotopic (exact) mass is 398 g/mol. The van der Waals surface area contributed by atoms with Gasteiger partial charge in [-0.2, -0.15) is 4.31 Å². The Kier molecular flexibility index (Phi) is 8.22. The van der Waals surface area contributed by atoms with E-state index in [1.54, 1.807) is 13.2 Å². The van der Waals surface area contributed by atoms with E-state index < -0.39 is 10.0 Å². The number of sulfonamides is 1. The molecule has 1 heterocycles. The zero-order chi connectivity index (χ0) is 19.9. The van der Waals surface area contributed by atoms with Crippen LogP contribution < -0.4 is 5.32 Å². The van der Waals surface area contributed by atoms with E-state index in [-0.39, 0.29) is 11.8 Å². The highest BCUT2D eigenvalue weighted by Crippen LogP contribution is 2.26. The van der Waals surface area contributed by atoms with Crippen LogP contribution in [0.1, 0.15) is 24.0 Å². The van der Waals surface area contributed by atoms with Crippen LogP contribution in [0, 0.1) is 19.8 Å². The maximum Gasteiger partial charge on any atom is 0.243 e. The fraction of sp³-hybridized carbons (Fsp3) is 0.632. The van der Waals surface area contributed by atoms with E-state index in [4.69, 9.17) is 9.47 Å². The van der Waals surface area contributed by atoms with Gasteiger partial charge in [0.2, 0.25) is 15.9 Å². The Hall–Kier alpha value is -1.48. The third-order valence-electron chi connectivity index (χ3n) is 4.75. The number of ether oxygens (including phenoxy) is 2. The molecule has 1 aliphatic heterocycles. The summed E-state index contributed by atoms with van der Waals surface area (Å²) < 4.78 is 37.5. The van der Waals surface area contributed by atoms with E-state index in [0.29, 0.717) is 57.2 Å². The Morgan fingerprint density at radius 3 is 2.52 bits per heavy atom. The van der Waals surface area contributed by atoms with Gasteiger partial charge in [-0.05, 0) is 38.3 Å². The molecule has 0 atom stereocenters. The molecule has 152 valence electrons. The Morgan fingerprint density at radius 1 is 1.19 bits per heavy atom. The van der Waals surface area contributed by atoms with Crippen LogP contribution in [-0.2, 0) is 24.3 Å². The molecule has 1 aliphatic rings. The average molecular weight is 399 g/mol. The number of hydrogen-bond acceptors (Lipinski definition) is 5. The Balaban J connectivity index is 1.83. The van der Waals surface area contributed by atoms with Crippen LogP contribution in [0.3, 0.4) is 0 Å². The lowest BCUT2D eigenvalue weighted by Crippen LogP contribution is -2.43. The molecule has 27 heavy (non-hydrogen) atoms. The molecule has 8 heteroatoms. The van der Waals surface area contributed by atoms with Gasteiger partial charge in [-0.25, -0.2) is 8.42 Å². The minimum absolute atomic E-state index is 0.0334. The van der Waals surface area contributed by atoms with Crippen molar-refractivity contribution in [1.82, 2.24) is 9.62 Å². The number of nitrogens with zero attached hydrogens (tertiary/aromatic N) is 1. The predicted octanol–water partition coefficient (Wildman–Crippen LogP) is 1.48. The maximum absolute atomic E-state index is 12.9. The number of hydrogen-bond donors (Lipinski definition) is 1.